The maximum Gasteiger partial charge on any atom is 0.249 e. The van der Waals surface area contributed by atoms with Crippen molar-refractivity contribution in [2.45, 2.75) is 33.2 Å². The minimum atomic E-state index is -0.414. The van der Waals surface area contributed by atoms with Crippen LogP contribution in [0.2, 0.25) is 0 Å². The van der Waals surface area contributed by atoms with Crippen LogP contribution in [0.1, 0.15) is 35.9 Å². The zero-order valence-corrected chi connectivity index (χ0v) is 13.6. The summed E-state index contributed by atoms with van der Waals surface area (Å²) in [5, 5.41) is 10.6. The second-order valence-electron chi connectivity index (χ2n) is 5.44. The molecule has 0 aliphatic heterocycles. The van der Waals surface area contributed by atoms with Crippen LogP contribution in [-0.4, -0.2) is 26.2 Å². The molecule has 3 heterocycles. The van der Waals surface area contributed by atoms with Crippen LogP contribution < -0.4 is 5.32 Å². The van der Waals surface area contributed by atoms with Crippen molar-refractivity contribution >= 4 is 5.91 Å². The maximum atomic E-state index is 12.2. The monoisotopic (exact) mass is 327 g/mol. The van der Waals surface area contributed by atoms with Crippen molar-refractivity contribution in [3.05, 3.63) is 47.3 Å². The second kappa shape index (κ2) is 6.61. The average molecular weight is 327 g/mol. The molecule has 1 amide bonds. The lowest BCUT2D eigenvalue weighted by molar-refractivity contribution is -0.121. The van der Waals surface area contributed by atoms with Gasteiger partial charge < -0.3 is 14.4 Å². The molecule has 0 aliphatic rings. The summed E-state index contributed by atoms with van der Waals surface area (Å²) in [6.07, 6.45) is 1.84. The minimum absolute atomic E-state index is 0.172. The standard InChI is InChI=1S/C16H17N5O3/c1-9-12(11(3)23-20-9)8-14(22)18-10(2)16-19-15(21-24-16)13-6-4-5-7-17-13/h4-7,10H,8H2,1-3H3,(H,18,22)/t10-/m0/s1. The van der Waals surface area contributed by atoms with Gasteiger partial charge in [-0.1, -0.05) is 16.4 Å². The molecule has 1 atom stereocenters. The van der Waals surface area contributed by atoms with Crippen LogP contribution in [-0.2, 0) is 11.2 Å². The van der Waals surface area contributed by atoms with Gasteiger partial charge in [-0.05, 0) is 32.9 Å². The highest BCUT2D eigenvalue weighted by atomic mass is 16.5. The van der Waals surface area contributed by atoms with Crippen molar-refractivity contribution in [3.63, 3.8) is 0 Å². The SMILES string of the molecule is Cc1noc(C)c1CC(=O)N[C@@H](C)c1nc(-c2ccccn2)no1. The number of nitrogens with zero attached hydrogens (tertiary/aromatic N) is 4. The molecule has 0 fully saturated rings. The van der Waals surface area contributed by atoms with E-state index >= 15 is 0 Å². The number of nitrogens with one attached hydrogen (secondary N) is 1. The Labute approximate surface area is 138 Å². The number of hydrogen-bond donors (Lipinski definition) is 1. The zero-order valence-electron chi connectivity index (χ0n) is 13.6. The van der Waals surface area contributed by atoms with E-state index in [1.54, 1.807) is 33.0 Å². The van der Waals surface area contributed by atoms with Crippen molar-refractivity contribution in [1.82, 2.24) is 25.6 Å². The van der Waals surface area contributed by atoms with Crippen LogP contribution in [0.3, 0.4) is 0 Å². The molecule has 8 heteroatoms. The Hall–Kier alpha value is -3.03. The van der Waals surface area contributed by atoms with Crippen LogP contribution in [0.4, 0.5) is 0 Å². The van der Waals surface area contributed by atoms with E-state index in [0.29, 0.717) is 28.9 Å². The molecule has 0 radical (unpaired) electrons. The number of hydrogen-bond acceptors (Lipinski definition) is 7. The van der Waals surface area contributed by atoms with E-state index < -0.39 is 6.04 Å². The van der Waals surface area contributed by atoms with E-state index in [4.69, 9.17) is 9.05 Å². The summed E-state index contributed by atoms with van der Waals surface area (Å²) < 4.78 is 10.3. The topological polar surface area (TPSA) is 107 Å². The lowest BCUT2D eigenvalue weighted by atomic mass is 10.1. The summed E-state index contributed by atoms with van der Waals surface area (Å²) in [6, 6.07) is 5.02. The summed E-state index contributed by atoms with van der Waals surface area (Å²) in [7, 11) is 0. The summed E-state index contributed by atoms with van der Waals surface area (Å²) in [5.74, 6) is 1.18. The fraction of sp³-hybridized carbons (Fsp3) is 0.312. The molecule has 3 aromatic rings. The third-order valence-electron chi connectivity index (χ3n) is 3.60. The van der Waals surface area contributed by atoms with Crippen molar-refractivity contribution < 1.29 is 13.8 Å². The molecule has 3 aromatic heterocycles. The summed E-state index contributed by atoms with van der Waals surface area (Å²) in [5.41, 5.74) is 2.12. The van der Waals surface area contributed by atoms with E-state index in [1.807, 2.05) is 12.1 Å². The molecule has 0 unspecified atom stereocenters. The predicted molar refractivity (Wildman–Crippen MR) is 83.8 cm³/mol. The van der Waals surface area contributed by atoms with Crippen LogP contribution in [0.25, 0.3) is 11.5 Å². The fourth-order valence-corrected chi connectivity index (χ4v) is 2.28. The zero-order chi connectivity index (χ0) is 17.1. The van der Waals surface area contributed by atoms with Crippen molar-refractivity contribution in [2.75, 3.05) is 0 Å². The van der Waals surface area contributed by atoms with Gasteiger partial charge in [-0.15, -0.1) is 0 Å². The first-order valence-electron chi connectivity index (χ1n) is 7.50. The van der Waals surface area contributed by atoms with Crippen molar-refractivity contribution in [2.24, 2.45) is 0 Å². The molecule has 0 spiro atoms. The molecule has 0 aliphatic carbocycles. The van der Waals surface area contributed by atoms with E-state index in [2.05, 4.69) is 25.6 Å². The molecule has 0 saturated carbocycles. The Morgan fingerprint density at radius 2 is 2.08 bits per heavy atom. The first-order chi connectivity index (χ1) is 11.5. The van der Waals surface area contributed by atoms with Gasteiger partial charge in [0.15, 0.2) is 0 Å². The van der Waals surface area contributed by atoms with Crippen molar-refractivity contribution in [1.29, 1.82) is 0 Å². The molecular weight excluding hydrogens is 310 g/mol. The Morgan fingerprint density at radius 1 is 1.25 bits per heavy atom. The van der Waals surface area contributed by atoms with Crippen LogP contribution in [0.15, 0.2) is 33.4 Å². The van der Waals surface area contributed by atoms with E-state index in [0.717, 1.165) is 5.56 Å². The normalized spacial score (nSPS) is 12.1. The number of pyridine rings is 1. The second-order valence-corrected chi connectivity index (χ2v) is 5.44. The molecule has 8 nitrogen and oxygen atoms in total. The fourth-order valence-electron chi connectivity index (χ4n) is 2.28. The third kappa shape index (κ3) is 3.32. The predicted octanol–water partition coefficient (Wildman–Crippen LogP) is 2.16. The smallest absolute Gasteiger partial charge is 0.249 e. The Kier molecular flexibility index (Phi) is 4.37. The Morgan fingerprint density at radius 3 is 2.75 bits per heavy atom. The number of aryl methyl sites for hydroxylation is 2. The quantitative estimate of drug-likeness (QED) is 0.765. The van der Waals surface area contributed by atoms with Gasteiger partial charge in [0, 0.05) is 11.8 Å². The van der Waals surface area contributed by atoms with Gasteiger partial charge in [-0.25, -0.2) is 0 Å². The van der Waals surface area contributed by atoms with Gasteiger partial charge in [0.25, 0.3) is 0 Å². The molecule has 0 aromatic carbocycles. The summed E-state index contributed by atoms with van der Waals surface area (Å²) in [6.45, 7) is 5.36. The van der Waals surface area contributed by atoms with Gasteiger partial charge >= 0.3 is 0 Å². The Bertz CT molecular complexity index is 821. The van der Waals surface area contributed by atoms with Gasteiger partial charge in [-0.2, -0.15) is 4.98 Å². The molecule has 1 N–H and O–H groups in total. The molecule has 124 valence electrons. The minimum Gasteiger partial charge on any atom is -0.361 e. The van der Waals surface area contributed by atoms with E-state index in [1.165, 1.54) is 0 Å². The molecule has 24 heavy (non-hydrogen) atoms. The van der Waals surface area contributed by atoms with E-state index in [-0.39, 0.29) is 12.3 Å². The highest BCUT2D eigenvalue weighted by Gasteiger charge is 2.20. The van der Waals surface area contributed by atoms with Crippen LogP contribution in [0, 0.1) is 13.8 Å². The summed E-state index contributed by atoms with van der Waals surface area (Å²) in [4.78, 5) is 20.6. The van der Waals surface area contributed by atoms with Gasteiger partial charge in [-0.3, -0.25) is 9.78 Å². The van der Waals surface area contributed by atoms with Crippen LogP contribution in [0.5, 0.6) is 0 Å². The maximum absolute atomic E-state index is 12.2. The number of carbonyl (C=O) groups excluding carboxylic acids is 1. The lowest BCUT2D eigenvalue weighted by Crippen LogP contribution is -2.28. The van der Waals surface area contributed by atoms with Crippen LogP contribution >= 0.6 is 0 Å². The Balaban J connectivity index is 1.66. The largest absolute Gasteiger partial charge is 0.361 e. The number of amides is 1. The average Bonchev–Trinajstić information content (AvgIpc) is 3.18. The molecule has 0 saturated heterocycles. The molecule has 3 rings (SSSR count). The summed E-state index contributed by atoms with van der Waals surface area (Å²) >= 11 is 0. The van der Waals surface area contributed by atoms with Gasteiger partial charge in [0.2, 0.25) is 17.6 Å². The number of aromatic nitrogens is 4. The highest BCUT2D eigenvalue weighted by Crippen LogP contribution is 2.17. The number of carbonyl (C=O) groups is 1. The third-order valence-corrected chi connectivity index (χ3v) is 3.60. The van der Waals surface area contributed by atoms with Crippen molar-refractivity contribution in [3.8, 4) is 11.5 Å². The highest BCUT2D eigenvalue weighted by molar-refractivity contribution is 5.79. The lowest BCUT2D eigenvalue weighted by Gasteiger charge is -2.09. The van der Waals surface area contributed by atoms with Gasteiger partial charge in [0.1, 0.15) is 17.5 Å². The molecular formula is C16H17N5O3. The number of rotatable bonds is 5. The first-order valence-corrected chi connectivity index (χ1v) is 7.50. The van der Waals surface area contributed by atoms with E-state index in [9.17, 15) is 4.79 Å². The van der Waals surface area contributed by atoms with Gasteiger partial charge in [0.05, 0.1) is 12.1 Å². The molecule has 0 bridgehead atoms. The first kappa shape index (κ1) is 15.9.